The first kappa shape index (κ1) is 18.2. The van der Waals surface area contributed by atoms with Gasteiger partial charge in [0.2, 0.25) is 5.91 Å². The van der Waals surface area contributed by atoms with E-state index >= 15 is 0 Å². The molecule has 28 heavy (non-hydrogen) atoms. The maximum Gasteiger partial charge on any atom is 0.277 e. The Morgan fingerprint density at radius 3 is 2.82 bits per heavy atom. The van der Waals surface area contributed by atoms with Crippen LogP contribution in [0.1, 0.15) is 12.5 Å². The molecule has 4 rings (SSSR count). The van der Waals surface area contributed by atoms with Gasteiger partial charge in [0, 0.05) is 23.6 Å². The number of carbonyl (C=O) groups is 1. The number of hydrogen-bond donors (Lipinski definition) is 2. The topological polar surface area (TPSA) is 83.8 Å². The van der Waals surface area contributed by atoms with Gasteiger partial charge in [-0.3, -0.25) is 4.79 Å². The Balaban J connectivity index is 1.39. The lowest BCUT2D eigenvalue weighted by Crippen LogP contribution is -2.30. The monoisotopic (exact) mass is 396 g/mol. The van der Waals surface area contributed by atoms with Crippen molar-refractivity contribution in [3.05, 3.63) is 66.1 Å². The molecular formula is C20H17FN4O2S. The van der Waals surface area contributed by atoms with Crippen molar-refractivity contribution in [2.45, 2.75) is 23.9 Å². The van der Waals surface area contributed by atoms with E-state index in [1.165, 1.54) is 23.9 Å². The van der Waals surface area contributed by atoms with Crippen molar-refractivity contribution in [2.75, 3.05) is 0 Å². The minimum Gasteiger partial charge on any atom is -0.411 e. The van der Waals surface area contributed by atoms with Crippen molar-refractivity contribution < 1.29 is 13.6 Å². The van der Waals surface area contributed by atoms with Crippen molar-refractivity contribution >= 4 is 28.6 Å². The van der Waals surface area contributed by atoms with Crippen molar-refractivity contribution in [1.82, 2.24) is 20.5 Å². The summed E-state index contributed by atoms with van der Waals surface area (Å²) in [5.74, 6) is -0.0681. The fraction of sp³-hybridized carbons (Fsp3) is 0.150. The van der Waals surface area contributed by atoms with Crippen LogP contribution in [0, 0.1) is 5.82 Å². The van der Waals surface area contributed by atoms with Gasteiger partial charge in [0.15, 0.2) is 0 Å². The fourth-order valence-electron chi connectivity index (χ4n) is 2.75. The number of hydrogen-bond acceptors (Lipinski definition) is 5. The number of nitrogens with one attached hydrogen (secondary N) is 2. The summed E-state index contributed by atoms with van der Waals surface area (Å²) in [4.78, 5) is 15.5. The zero-order valence-corrected chi connectivity index (χ0v) is 15.8. The molecule has 1 amide bonds. The number of fused-ring (bicyclic) bond motifs is 1. The van der Waals surface area contributed by atoms with Crippen LogP contribution in [0.3, 0.4) is 0 Å². The molecule has 1 atom stereocenters. The lowest BCUT2D eigenvalue weighted by Gasteiger charge is -2.09. The first-order valence-electron chi connectivity index (χ1n) is 8.69. The minimum atomic E-state index is -0.420. The molecule has 0 unspecified atom stereocenters. The lowest BCUT2D eigenvalue weighted by molar-refractivity contribution is -0.120. The molecule has 0 aliphatic rings. The molecule has 6 nitrogen and oxygen atoms in total. The summed E-state index contributed by atoms with van der Waals surface area (Å²) in [5, 5.41) is 11.9. The largest absolute Gasteiger partial charge is 0.411 e. The minimum absolute atomic E-state index is 0.166. The van der Waals surface area contributed by atoms with Crippen LogP contribution >= 0.6 is 11.8 Å². The van der Waals surface area contributed by atoms with E-state index in [9.17, 15) is 9.18 Å². The van der Waals surface area contributed by atoms with E-state index in [0.29, 0.717) is 17.7 Å². The van der Waals surface area contributed by atoms with Gasteiger partial charge in [-0.05, 0) is 30.7 Å². The summed E-state index contributed by atoms with van der Waals surface area (Å²) in [6.45, 7) is 2.09. The number of H-pyrrole nitrogens is 1. The average molecular weight is 396 g/mol. The third-order valence-electron chi connectivity index (χ3n) is 4.25. The molecule has 0 fully saturated rings. The Morgan fingerprint density at radius 2 is 2.00 bits per heavy atom. The normalized spacial score (nSPS) is 12.2. The molecule has 8 heteroatoms. The lowest BCUT2D eigenvalue weighted by atomic mass is 10.2. The number of carbonyl (C=O) groups excluding carboxylic acids is 1. The number of aromatic amines is 1. The van der Waals surface area contributed by atoms with Crippen LogP contribution in [0.15, 0.2) is 64.4 Å². The predicted octanol–water partition coefficient (Wildman–Crippen LogP) is 4.15. The summed E-state index contributed by atoms with van der Waals surface area (Å²) in [6, 6.07) is 13.8. The summed E-state index contributed by atoms with van der Waals surface area (Å²) >= 11 is 1.19. The first-order valence-corrected chi connectivity index (χ1v) is 9.57. The zero-order valence-electron chi connectivity index (χ0n) is 15.0. The number of aromatic nitrogens is 3. The number of rotatable bonds is 6. The summed E-state index contributed by atoms with van der Waals surface area (Å²) in [5.41, 5.74) is 2.63. The second-order valence-electron chi connectivity index (χ2n) is 6.23. The van der Waals surface area contributed by atoms with Gasteiger partial charge in [-0.15, -0.1) is 10.2 Å². The number of halogens is 1. The van der Waals surface area contributed by atoms with Crippen LogP contribution in [0.4, 0.5) is 4.39 Å². The van der Waals surface area contributed by atoms with Crippen LogP contribution < -0.4 is 5.32 Å². The molecule has 142 valence electrons. The van der Waals surface area contributed by atoms with Gasteiger partial charge in [-0.25, -0.2) is 4.39 Å². The van der Waals surface area contributed by atoms with Gasteiger partial charge < -0.3 is 14.7 Å². The molecule has 0 spiro atoms. The molecule has 0 radical (unpaired) electrons. The maximum atomic E-state index is 12.9. The van der Waals surface area contributed by atoms with Crippen LogP contribution in [0.2, 0.25) is 0 Å². The summed E-state index contributed by atoms with van der Waals surface area (Å²) in [6.07, 6.45) is 1.82. The van der Waals surface area contributed by atoms with E-state index in [-0.39, 0.29) is 11.7 Å². The van der Waals surface area contributed by atoms with Gasteiger partial charge in [0.05, 0.1) is 10.8 Å². The zero-order chi connectivity index (χ0) is 19.5. The van der Waals surface area contributed by atoms with Crippen LogP contribution in [0.25, 0.3) is 22.4 Å². The van der Waals surface area contributed by atoms with E-state index in [4.69, 9.17) is 4.42 Å². The first-order chi connectivity index (χ1) is 13.6. The highest BCUT2D eigenvalue weighted by molar-refractivity contribution is 8.00. The van der Waals surface area contributed by atoms with Crippen molar-refractivity contribution in [2.24, 2.45) is 0 Å². The van der Waals surface area contributed by atoms with Crippen LogP contribution in [-0.2, 0) is 11.3 Å². The number of benzene rings is 2. The Morgan fingerprint density at radius 1 is 1.21 bits per heavy atom. The average Bonchev–Trinajstić information content (AvgIpc) is 3.34. The number of amides is 1. The van der Waals surface area contributed by atoms with E-state index in [0.717, 1.165) is 22.0 Å². The second-order valence-corrected chi connectivity index (χ2v) is 7.52. The Hall–Kier alpha value is -3.13. The standard InChI is InChI=1S/C20H17FN4O2S/c1-12(18(26)23-10-13-6-8-14(21)9-7-13)28-20-25-24-19(27-20)16-11-22-17-5-3-2-4-15(16)17/h2-9,11-12,22H,10H2,1H3,(H,23,26)/t12-/m0/s1. The third-order valence-corrected chi connectivity index (χ3v) is 5.19. The molecule has 0 saturated carbocycles. The van der Waals surface area contributed by atoms with Gasteiger partial charge in [-0.1, -0.05) is 42.1 Å². The van der Waals surface area contributed by atoms with Crippen molar-refractivity contribution in [3.8, 4) is 11.5 Å². The Bertz CT molecular complexity index is 1110. The summed E-state index contributed by atoms with van der Waals surface area (Å²) < 4.78 is 18.7. The molecule has 0 bridgehead atoms. The van der Waals surface area contributed by atoms with Gasteiger partial charge in [-0.2, -0.15) is 0 Å². The smallest absolute Gasteiger partial charge is 0.277 e. The van der Waals surface area contributed by atoms with Crippen LogP contribution in [-0.4, -0.2) is 26.3 Å². The maximum absolute atomic E-state index is 12.9. The molecule has 2 N–H and O–H groups in total. The van der Waals surface area contributed by atoms with Crippen molar-refractivity contribution in [3.63, 3.8) is 0 Å². The number of para-hydroxylation sites is 1. The van der Waals surface area contributed by atoms with E-state index in [1.54, 1.807) is 19.1 Å². The van der Waals surface area contributed by atoms with Crippen molar-refractivity contribution in [1.29, 1.82) is 0 Å². The van der Waals surface area contributed by atoms with Gasteiger partial charge in [0.1, 0.15) is 5.82 Å². The highest BCUT2D eigenvalue weighted by Gasteiger charge is 2.19. The molecule has 0 saturated heterocycles. The molecule has 2 aromatic carbocycles. The molecule has 2 aromatic heterocycles. The quantitative estimate of drug-likeness (QED) is 0.478. The molecule has 4 aromatic rings. The van der Waals surface area contributed by atoms with Gasteiger partial charge >= 0.3 is 0 Å². The molecule has 0 aliphatic carbocycles. The second kappa shape index (κ2) is 7.85. The molecule has 0 aliphatic heterocycles. The molecule has 2 heterocycles. The highest BCUT2D eigenvalue weighted by Crippen LogP contribution is 2.30. The fourth-order valence-corrected chi connectivity index (χ4v) is 3.46. The van der Waals surface area contributed by atoms with Crippen LogP contribution in [0.5, 0.6) is 0 Å². The number of nitrogens with zero attached hydrogens (tertiary/aromatic N) is 2. The summed E-state index contributed by atoms with van der Waals surface area (Å²) in [7, 11) is 0. The molecular weight excluding hydrogens is 379 g/mol. The number of thioether (sulfide) groups is 1. The highest BCUT2D eigenvalue weighted by atomic mass is 32.2. The van der Waals surface area contributed by atoms with E-state index < -0.39 is 5.25 Å². The van der Waals surface area contributed by atoms with E-state index in [2.05, 4.69) is 20.5 Å². The van der Waals surface area contributed by atoms with E-state index in [1.807, 2.05) is 30.5 Å². The van der Waals surface area contributed by atoms with Gasteiger partial charge in [0.25, 0.3) is 11.1 Å². The Kier molecular flexibility index (Phi) is 5.12. The Labute approximate surface area is 164 Å². The SMILES string of the molecule is C[C@H](Sc1nnc(-c2c[nH]c3ccccc23)o1)C(=O)NCc1ccc(F)cc1. The predicted molar refractivity (Wildman–Crippen MR) is 105 cm³/mol. The third kappa shape index (κ3) is 3.91.